The third-order valence-electron chi connectivity index (χ3n) is 2.34. The normalized spacial score (nSPS) is 11.4. The molecule has 2 aromatic rings. The number of benzene rings is 1. The molecule has 0 aliphatic rings. The third kappa shape index (κ3) is 3.14. The highest BCUT2D eigenvalue weighted by Crippen LogP contribution is 2.32. The van der Waals surface area contributed by atoms with Gasteiger partial charge in [-0.15, -0.1) is 0 Å². The van der Waals surface area contributed by atoms with E-state index in [1.54, 1.807) is 0 Å². The molecule has 1 aromatic heterocycles. The first-order chi connectivity index (χ1) is 8.90. The van der Waals surface area contributed by atoms with Gasteiger partial charge in [0.1, 0.15) is 5.15 Å². The molecule has 0 unspecified atom stereocenters. The smallest absolute Gasteiger partial charge is 0.416 e. The van der Waals surface area contributed by atoms with Gasteiger partial charge >= 0.3 is 12.2 Å². The molecule has 0 N–H and O–H groups in total. The summed E-state index contributed by atoms with van der Waals surface area (Å²) in [5.41, 5.74) is -0.195. The van der Waals surface area contributed by atoms with Crippen molar-refractivity contribution in [3.63, 3.8) is 0 Å². The number of nitrogens with zero attached hydrogens (tertiary/aromatic N) is 2. The van der Waals surface area contributed by atoms with Gasteiger partial charge in [-0.25, -0.2) is 0 Å². The van der Waals surface area contributed by atoms with Crippen molar-refractivity contribution in [2.45, 2.75) is 6.18 Å². The van der Waals surface area contributed by atoms with Crippen LogP contribution in [0.25, 0.3) is 11.3 Å². The fraction of sp³-hybridized carbons (Fsp3) is 0.167. The van der Waals surface area contributed by atoms with Gasteiger partial charge in [0, 0.05) is 11.6 Å². The maximum absolute atomic E-state index is 12.6. The minimum absolute atomic E-state index is 0.0000817. The first-order valence-corrected chi connectivity index (χ1v) is 5.54. The van der Waals surface area contributed by atoms with E-state index in [2.05, 4.69) is 9.97 Å². The zero-order valence-electron chi connectivity index (χ0n) is 9.70. The van der Waals surface area contributed by atoms with Crippen LogP contribution in [-0.2, 0) is 6.18 Å². The van der Waals surface area contributed by atoms with Gasteiger partial charge in [0.2, 0.25) is 0 Å². The summed E-state index contributed by atoms with van der Waals surface area (Å²) in [5, 5.41) is 0.0965. The Hall–Kier alpha value is -1.82. The van der Waals surface area contributed by atoms with E-state index < -0.39 is 11.7 Å². The summed E-state index contributed by atoms with van der Waals surface area (Å²) < 4.78 is 42.7. The third-order valence-corrected chi connectivity index (χ3v) is 2.54. The average molecular weight is 289 g/mol. The number of methoxy groups -OCH3 is 1. The zero-order valence-corrected chi connectivity index (χ0v) is 10.5. The summed E-state index contributed by atoms with van der Waals surface area (Å²) in [5.74, 6) is 0. The van der Waals surface area contributed by atoms with E-state index in [4.69, 9.17) is 16.3 Å². The van der Waals surface area contributed by atoms with Crippen molar-refractivity contribution >= 4 is 11.6 Å². The Balaban J connectivity index is 2.50. The van der Waals surface area contributed by atoms with Crippen LogP contribution in [0.5, 0.6) is 6.01 Å². The van der Waals surface area contributed by atoms with E-state index >= 15 is 0 Å². The Morgan fingerprint density at radius 3 is 2.53 bits per heavy atom. The molecule has 2 rings (SSSR count). The van der Waals surface area contributed by atoms with E-state index in [1.807, 2.05) is 0 Å². The monoisotopic (exact) mass is 288 g/mol. The Bertz CT molecular complexity index is 602. The quantitative estimate of drug-likeness (QED) is 0.788. The predicted molar refractivity (Wildman–Crippen MR) is 64.0 cm³/mol. The van der Waals surface area contributed by atoms with Gasteiger partial charge in [0.05, 0.1) is 18.4 Å². The van der Waals surface area contributed by atoms with Gasteiger partial charge in [0.15, 0.2) is 0 Å². The molecular formula is C12H8ClF3N2O. The highest BCUT2D eigenvalue weighted by atomic mass is 35.5. The highest BCUT2D eigenvalue weighted by Gasteiger charge is 2.30. The SMILES string of the molecule is COc1nc(Cl)cc(-c2cccc(C(F)(F)F)c2)n1. The second-order valence-corrected chi connectivity index (χ2v) is 4.03. The molecule has 7 heteroatoms. The fourth-order valence-corrected chi connectivity index (χ4v) is 1.67. The largest absolute Gasteiger partial charge is 0.467 e. The lowest BCUT2D eigenvalue weighted by molar-refractivity contribution is -0.137. The van der Waals surface area contributed by atoms with Gasteiger partial charge in [-0.1, -0.05) is 23.7 Å². The van der Waals surface area contributed by atoms with Crippen molar-refractivity contribution < 1.29 is 17.9 Å². The molecular weight excluding hydrogens is 281 g/mol. The maximum atomic E-state index is 12.6. The maximum Gasteiger partial charge on any atom is 0.416 e. The summed E-state index contributed by atoms with van der Waals surface area (Å²) in [7, 11) is 1.35. The number of ether oxygens (including phenoxy) is 1. The summed E-state index contributed by atoms with van der Waals surface area (Å²) in [6, 6.07) is 6.18. The molecule has 0 saturated heterocycles. The molecule has 1 aromatic carbocycles. The first-order valence-electron chi connectivity index (χ1n) is 5.16. The van der Waals surface area contributed by atoms with Gasteiger partial charge in [0.25, 0.3) is 0 Å². The second kappa shape index (κ2) is 5.05. The highest BCUT2D eigenvalue weighted by molar-refractivity contribution is 6.29. The lowest BCUT2D eigenvalue weighted by Gasteiger charge is -2.09. The van der Waals surface area contributed by atoms with E-state index in [-0.39, 0.29) is 22.4 Å². The van der Waals surface area contributed by atoms with E-state index in [0.29, 0.717) is 0 Å². The van der Waals surface area contributed by atoms with E-state index in [9.17, 15) is 13.2 Å². The van der Waals surface area contributed by atoms with Crippen LogP contribution in [-0.4, -0.2) is 17.1 Å². The minimum Gasteiger partial charge on any atom is -0.467 e. The van der Waals surface area contributed by atoms with Crippen molar-refractivity contribution in [1.29, 1.82) is 0 Å². The van der Waals surface area contributed by atoms with Crippen LogP contribution in [0.1, 0.15) is 5.56 Å². The topological polar surface area (TPSA) is 35.0 Å². The lowest BCUT2D eigenvalue weighted by Crippen LogP contribution is -2.04. The molecule has 19 heavy (non-hydrogen) atoms. The van der Waals surface area contributed by atoms with Crippen LogP contribution in [0.15, 0.2) is 30.3 Å². The van der Waals surface area contributed by atoms with Crippen molar-refractivity contribution in [2.24, 2.45) is 0 Å². The fourth-order valence-electron chi connectivity index (χ4n) is 1.49. The summed E-state index contributed by atoms with van der Waals surface area (Å²) >= 11 is 5.76. The Morgan fingerprint density at radius 2 is 1.89 bits per heavy atom. The van der Waals surface area contributed by atoms with Crippen LogP contribution >= 0.6 is 11.6 Å². The second-order valence-electron chi connectivity index (χ2n) is 3.64. The summed E-state index contributed by atoms with van der Waals surface area (Å²) in [6.45, 7) is 0. The molecule has 3 nitrogen and oxygen atoms in total. The molecule has 0 amide bonds. The Kier molecular flexibility index (Phi) is 3.61. The summed E-state index contributed by atoms with van der Waals surface area (Å²) in [6.07, 6.45) is -4.41. The predicted octanol–water partition coefficient (Wildman–Crippen LogP) is 3.82. The Labute approximate surface area is 112 Å². The van der Waals surface area contributed by atoms with Crippen LogP contribution in [0.2, 0.25) is 5.15 Å². The number of rotatable bonds is 2. The number of aromatic nitrogens is 2. The molecule has 0 saturated carbocycles. The molecule has 0 aliphatic heterocycles. The summed E-state index contributed by atoms with van der Waals surface area (Å²) in [4.78, 5) is 7.72. The molecule has 100 valence electrons. The number of halogens is 4. The zero-order chi connectivity index (χ0) is 14.0. The van der Waals surface area contributed by atoms with Crippen molar-refractivity contribution in [3.8, 4) is 17.3 Å². The number of alkyl halides is 3. The van der Waals surface area contributed by atoms with E-state index in [1.165, 1.54) is 25.3 Å². The standard InChI is InChI=1S/C12H8ClF3N2O/c1-19-11-17-9(6-10(13)18-11)7-3-2-4-8(5-7)12(14,15)16/h2-6H,1H3. The molecule has 0 atom stereocenters. The molecule has 0 aliphatic carbocycles. The van der Waals surface area contributed by atoms with Crippen LogP contribution in [0, 0.1) is 0 Å². The first kappa shape index (κ1) is 13.6. The van der Waals surface area contributed by atoms with Crippen molar-refractivity contribution in [2.75, 3.05) is 7.11 Å². The molecule has 0 bridgehead atoms. The van der Waals surface area contributed by atoms with E-state index in [0.717, 1.165) is 12.1 Å². The average Bonchev–Trinajstić information content (AvgIpc) is 2.37. The van der Waals surface area contributed by atoms with Gasteiger partial charge in [-0.3, -0.25) is 0 Å². The van der Waals surface area contributed by atoms with Crippen molar-refractivity contribution in [1.82, 2.24) is 9.97 Å². The molecule has 1 heterocycles. The lowest BCUT2D eigenvalue weighted by atomic mass is 10.1. The minimum atomic E-state index is -4.41. The van der Waals surface area contributed by atoms with Crippen LogP contribution in [0.3, 0.4) is 0 Å². The molecule has 0 fully saturated rings. The number of hydrogen-bond acceptors (Lipinski definition) is 3. The van der Waals surface area contributed by atoms with Gasteiger partial charge in [-0.2, -0.15) is 23.1 Å². The van der Waals surface area contributed by atoms with Crippen LogP contribution in [0.4, 0.5) is 13.2 Å². The molecule has 0 spiro atoms. The number of hydrogen-bond donors (Lipinski definition) is 0. The van der Waals surface area contributed by atoms with Gasteiger partial charge in [-0.05, 0) is 12.1 Å². The molecule has 0 radical (unpaired) electrons. The van der Waals surface area contributed by atoms with Crippen LogP contribution < -0.4 is 4.74 Å². The van der Waals surface area contributed by atoms with Gasteiger partial charge < -0.3 is 4.74 Å². The van der Waals surface area contributed by atoms with Crippen molar-refractivity contribution in [3.05, 3.63) is 41.0 Å². The Morgan fingerprint density at radius 1 is 1.16 bits per heavy atom.